The van der Waals surface area contributed by atoms with Crippen LogP contribution in [0.3, 0.4) is 0 Å². The lowest BCUT2D eigenvalue weighted by Gasteiger charge is -2.06. The van der Waals surface area contributed by atoms with E-state index in [1.54, 1.807) is 5.38 Å². The fraction of sp³-hybridized carbons (Fsp3) is 0.0588. The van der Waals surface area contributed by atoms with Crippen LogP contribution in [-0.2, 0) is 0 Å². The Morgan fingerprint density at radius 3 is 2.43 bits per heavy atom. The van der Waals surface area contributed by atoms with Crippen molar-refractivity contribution in [2.75, 3.05) is 5.32 Å². The van der Waals surface area contributed by atoms with E-state index in [4.69, 9.17) is 0 Å². The Labute approximate surface area is 160 Å². The summed E-state index contributed by atoms with van der Waals surface area (Å²) in [6.45, 7) is 1.34. The SMILES string of the molecule is Cc1c(C(=O)Nc2nc(-c3ccc(F)cc3)cs2)cc([N+](=O)[O-])cc1[N+](=O)[O-]. The first-order valence-corrected chi connectivity index (χ1v) is 8.60. The zero-order valence-corrected chi connectivity index (χ0v) is 15.0. The first kappa shape index (κ1) is 19.0. The van der Waals surface area contributed by atoms with Gasteiger partial charge in [-0.3, -0.25) is 30.3 Å². The largest absolute Gasteiger partial charge is 0.298 e. The number of nitrogens with one attached hydrogen (secondary N) is 1. The second-order valence-electron chi connectivity index (χ2n) is 5.65. The molecular weight excluding hydrogens is 391 g/mol. The Bertz CT molecular complexity index is 1100. The van der Waals surface area contributed by atoms with Gasteiger partial charge in [-0.15, -0.1) is 11.3 Å². The van der Waals surface area contributed by atoms with Crippen LogP contribution in [0.15, 0.2) is 41.8 Å². The van der Waals surface area contributed by atoms with Crippen molar-refractivity contribution in [1.29, 1.82) is 0 Å². The molecule has 0 saturated carbocycles. The lowest BCUT2D eigenvalue weighted by atomic mass is 10.0. The molecule has 0 aliphatic carbocycles. The highest BCUT2D eigenvalue weighted by atomic mass is 32.1. The molecule has 0 aliphatic heterocycles. The fourth-order valence-corrected chi connectivity index (χ4v) is 3.18. The molecule has 142 valence electrons. The molecule has 0 spiro atoms. The monoisotopic (exact) mass is 402 g/mol. The standard InChI is InChI=1S/C17H11FN4O5S/c1-9-13(6-12(21(24)25)7-15(9)22(26)27)16(23)20-17-19-14(8-28-17)10-2-4-11(18)5-3-10/h2-8H,1H3,(H,19,20,23). The van der Waals surface area contributed by atoms with Gasteiger partial charge in [-0.25, -0.2) is 9.37 Å². The lowest BCUT2D eigenvalue weighted by molar-refractivity contribution is -0.394. The Balaban J connectivity index is 1.90. The molecule has 3 rings (SSSR count). The van der Waals surface area contributed by atoms with Crippen molar-refractivity contribution in [3.63, 3.8) is 0 Å². The number of thiazole rings is 1. The van der Waals surface area contributed by atoms with Gasteiger partial charge in [-0.2, -0.15) is 0 Å². The number of amides is 1. The van der Waals surface area contributed by atoms with E-state index in [2.05, 4.69) is 10.3 Å². The van der Waals surface area contributed by atoms with Gasteiger partial charge in [0, 0.05) is 22.6 Å². The number of rotatable bonds is 5. The van der Waals surface area contributed by atoms with Crippen LogP contribution in [0.4, 0.5) is 20.9 Å². The molecule has 28 heavy (non-hydrogen) atoms. The minimum atomic E-state index is -0.806. The topological polar surface area (TPSA) is 128 Å². The summed E-state index contributed by atoms with van der Waals surface area (Å²) >= 11 is 1.09. The number of halogens is 1. The van der Waals surface area contributed by atoms with Crippen LogP contribution in [0.1, 0.15) is 15.9 Å². The number of carbonyl (C=O) groups is 1. The molecule has 0 aliphatic rings. The molecular formula is C17H11FN4O5S. The van der Waals surface area contributed by atoms with Gasteiger partial charge in [-0.1, -0.05) is 0 Å². The molecule has 1 amide bonds. The van der Waals surface area contributed by atoms with E-state index in [0.29, 0.717) is 11.3 Å². The van der Waals surface area contributed by atoms with Gasteiger partial charge in [0.2, 0.25) is 0 Å². The smallest absolute Gasteiger partial charge is 0.279 e. The second-order valence-corrected chi connectivity index (χ2v) is 6.51. The maximum absolute atomic E-state index is 13.0. The molecule has 0 saturated heterocycles. The number of non-ortho nitro benzene ring substituents is 1. The summed E-state index contributed by atoms with van der Waals surface area (Å²) < 4.78 is 13.0. The molecule has 1 aromatic heterocycles. The van der Waals surface area contributed by atoms with Gasteiger partial charge < -0.3 is 0 Å². The first-order chi connectivity index (χ1) is 13.3. The highest BCUT2D eigenvalue weighted by molar-refractivity contribution is 7.14. The van der Waals surface area contributed by atoms with Gasteiger partial charge in [0.05, 0.1) is 27.2 Å². The normalized spacial score (nSPS) is 10.5. The van der Waals surface area contributed by atoms with Crippen LogP contribution in [0.5, 0.6) is 0 Å². The van der Waals surface area contributed by atoms with Crippen LogP contribution < -0.4 is 5.32 Å². The average Bonchev–Trinajstić information content (AvgIpc) is 3.10. The molecule has 0 radical (unpaired) electrons. The predicted octanol–water partition coefficient (Wildman–Crippen LogP) is 4.33. The molecule has 9 nitrogen and oxygen atoms in total. The fourth-order valence-electron chi connectivity index (χ4n) is 2.46. The van der Waals surface area contributed by atoms with E-state index in [9.17, 15) is 29.4 Å². The summed E-state index contributed by atoms with van der Waals surface area (Å²) in [5, 5.41) is 26.5. The number of hydrogen-bond donors (Lipinski definition) is 1. The third kappa shape index (κ3) is 3.83. The van der Waals surface area contributed by atoms with E-state index in [1.807, 2.05) is 0 Å². The maximum atomic E-state index is 13.0. The highest BCUT2D eigenvalue weighted by Crippen LogP contribution is 2.30. The minimum Gasteiger partial charge on any atom is -0.298 e. The molecule has 1 N–H and O–H groups in total. The third-order valence-corrected chi connectivity index (χ3v) is 4.64. The zero-order valence-electron chi connectivity index (χ0n) is 14.2. The number of hydrogen-bond acceptors (Lipinski definition) is 7. The summed E-state index contributed by atoms with van der Waals surface area (Å²) in [6.07, 6.45) is 0. The van der Waals surface area contributed by atoms with Crippen molar-refractivity contribution in [2.24, 2.45) is 0 Å². The van der Waals surface area contributed by atoms with Crippen molar-refractivity contribution in [3.8, 4) is 11.3 Å². The Morgan fingerprint density at radius 1 is 1.14 bits per heavy atom. The summed E-state index contributed by atoms with van der Waals surface area (Å²) in [5.74, 6) is -1.15. The van der Waals surface area contributed by atoms with Crippen LogP contribution in [0, 0.1) is 33.0 Å². The predicted molar refractivity (Wildman–Crippen MR) is 99.9 cm³/mol. The van der Waals surface area contributed by atoms with Gasteiger partial charge in [0.1, 0.15) is 5.82 Å². The maximum Gasteiger partial charge on any atom is 0.279 e. The summed E-state index contributed by atoms with van der Waals surface area (Å²) in [7, 11) is 0. The Hall–Kier alpha value is -3.73. The minimum absolute atomic E-state index is 0.00316. The third-order valence-electron chi connectivity index (χ3n) is 3.88. The van der Waals surface area contributed by atoms with Crippen LogP contribution >= 0.6 is 11.3 Å². The van der Waals surface area contributed by atoms with Crippen molar-refractivity contribution in [2.45, 2.75) is 6.92 Å². The molecule has 2 aromatic carbocycles. The van der Waals surface area contributed by atoms with Crippen LogP contribution in [0.2, 0.25) is 0 Å². The van der Waals surface area contributed by atoms with Gasteiger partial charge in [0.15, 0.2) is 5.13 Å². The van der Waals surface area contributed by atoms with E-state index in [-0.39, 0.29) is 16.3 Å². The second kappa shape index (κ2) is 7.48. The quantitative estimate of drug-likeness (QED) is 0.500. The molecule has 0 unspecified atom stereocenters. The number of nitrogens with zero attached hydrogens (tertiary/aromatic N) is 3. The van der Waals surface area contributed by atoms with E-state index < -0.39 is 32.9 Å². The van der Waals surface area contributed by atoms with Gasteiger partial charge in [-0.05, 0) is 31.2 Å². The number of nitro groups is 2. The lowest BCUT2D eigenvalue weighted by Crippen LogP contribution is -2.14. The van der Waals surface area contributed by atoms with E-state index in [1.165, 1.54) is 31.2 Å². The Kier molecular flexibility index (Phi) is 5.09. The number of carbonyl (C=O) groups excluding carboxylic acids is 1. The van der Waals surface area contributed by atoms with E-state index >= 15 is 0 Å². The van der Waals surface area contributed by atoms with Gasteiger partial charge in [0.25, 0.3) is 17.3 Å². The highest BCUT2D eigenvalue weighted by Gasteiger charge is 2.25. The number of anilines is 1. The van der Waals surface area contributed by atoms with Gasteiger partial charge >= 0.3 is 0 Å². The molecule has 11 heteroatoms. The first-order valence-electron chi connectivity index (χ1n) is 7.72. The van der Waals surface area contributed by atoms with Crippen molar-refractivity contribution in [3.05, 3.63) is 79.0 Å². The molecule has 3 aromatic rings. The van der Waals surface area contributed by atoms with E-state index in [0.717, 1.165) is 23.5 Å². The number of aromatic nitrogens is 1. The average molecular weight is 402 g/mol. The molecule has 0 fully saturated rings. The molecule has 1 heterocycles. The zero-order chi connectivity index (χ0) is 20.4. The van der Waals surface area contributed by atoms with Crippen molar-refractivity contribution < 1.29 is 19.0 Å². The molecule has 0 atom stereocenters. The summed E-state index contributed by atoms with van der Waals surface area (Å²) in [6, 6.07) is 7.40. The van der Waals surface area contributed by atoms with Crippen LogP contribution in [-0.4, -0.2) is 20.7 Å². The van der Waals surface area contributed by atoms with Crippen molar-refractivity contribution in [1.82, 2.24) is 4.98 Å². The molecule has 0 bridgehead atoms. The Morgan fingerprint density at radius 2 is 1.82 bits per heavy atom. The van der Waals surface area contributed by atoms with Crippen LogP contribution in [0.25, 0.3) is 11.3 Å². The summed E-state index contributed by atoms with van der Waals surface area (Å²) in [4.78, 5) is 37.3. The summed E-state index contributed by atoms with van der Waals surface area (Å²) in [5.41, 5.74) is -0.135. The number of nitro benzene ring substituents is 2. The number of benzene rings is 2. The van der Waals surface area contributed by atoms with Crippen molar-refractivity contribution >= 4 is 33.8 Å².